The summed E-state index contributed by atoms with van der Waals surface area (Å²) in [5.74, 6) is 1.43. The van der Waals surface area contributed by atoms with Crippen LogP contribution in [-0.4, -0.2) is 13.2 Å². The van der Waals surface area contributed by atoms with Gasteiger partial charge in [-0.3, -0.25) is 0 Å². The van der Waals surface area contributed by atoms with Crippen molar-refractivity contribution in [3.63, 3.8) is 0 Å². The van der Waals surface area contributed by atoms with E-state index in [9.17, 15) is 0 Å². The summed E-state index contributed by atoms with van der Waals surface area (Å²) >= 11 is 3.43. The van der Waals surface area contributed by atoms with E-state index >= 15 is 0 Å². The quantitative estimate of drug-likeness (QED) is 0.848. The second-order valence-corrected chi connectivity index (χ2v) is 5.37. The molecule has 0 amide bonds. The predicted octanol–water partition coefficient (Wildman–Crippen LogP) is 3.85. The number of ether oxygens (including phenoxy) is 2. The van der Waals surface area contributed by atoms with Gasteiger partial charge < -0.3 is 9.47 Å². The van der Waals surface area contributed by atoms with Crippen molar-refractivity contribution in [3.8, 4) is 17.6 Å². The summed E-state index contributed by atoms with van der Waals surface area (Å²) in [6.07, 6.45) is 5.21. The largest absolute Gasteiger partial charge is 0.493 e. The highest BCUT2D eigenvalue weighted by atomic mass is 79.9. The van der Waals surface area contributed by atoms with Gasteiger partial charge in [-0.15, -0.1) is 0 Å². The second kappa shape index (κ2) is 6.10. The van der Waals surface area contributed by atoms with Crippen molar-refractivity contribution in [1.82, 2.24) is 0 Å². The van der Waals surface area contributed by atoms with Crippen LogP contribution >= 0.6 is 15.9 Å². The molecule has 1 fully saturated rings. The maximum atomic E-state index is 8.90. The lowest BCUT2D eigenvalue weighted by Crippen LogP contribution is -2.13. The molecule has 0 aliphatic heterocycles. The Balaban J connectivity index is 2.31. The number of methoxy groups -OCH3 is 1. The third kappa shape index (κ3) is 2.97. The van der Waals surface area contributed by atoms with Crippen molar-refractivity contribution in [3.05, 3.63) is 22.2 Å². The minimum absolute atomic E-state index is 0.262. The smallest absolute Gasteiger partial charge is 0.165 e. The van der Waals surface area contributed by atoms with Crippen molar-refractivity contribution in [1.29, 1.82) is 5.26 Å². The van der Waals surface area contributed by atoms with Crippen molar-refractivity contribution < 1.29 is 9.47 Å². The normalized spacial score (nSPS) is 15.4. The average Bonchev–Trinajstić information content (AvgIpc) is 2.85. The molecule has 2 rings (SSSR count). The van der Waals surface area contributed by atoms with Crippen LogP contribution in [0.1, 0.15) is 31.2 Å². The van der Waals surface area contributed by atoms with Gasteiger partial charge in [-0.2, -0.15) is 5.26 Å². The monoisotopic (exact) mass is 309 g/mol. The molecule has 1 aromatic carbocycles. The molecule has 0 bridgehead atoms. The van der Waals surface area contributed by atoms with E-state index in [1.165, 1.54) is 12.8 Å². The molecule has 96 valence electrons. The van der Waals surface area contributed by atoms with E-state index < -0.39 is 0 Å². The molecule has 0 radical (unpaired) electrons. The zero-order valence-corrected chi connectivity index (χ0v) is 12.0. The van der Waals surface area contributed by atoms with Crippen molar-refractivity contribution in [2.75, 3.05) is 7.11 Å². The number of nitrogens with zero attached hydrogens (tertiary/aromatic N) is 1. The lowest BCUT2D eigenvalue weighted by molar-refractivity contribution is 0.199. The van der Waals surface area contributed by atoms with Gasteiger partial charge in [0, 0.05) is 10.0 Å². The molecular weight excluding hydrogens is 294 g/mol. The van der Waals surface area contributed by atoms with E-state index in [2.05, 4.69) is 22.0 Å². The van der Waals surface area contributed by atoms with Gasteiger partial charge in [0.25, 0.3) is 0 Å². The highest BCUT2D eigenvalue weighted by Crippen LogP contribution is 2.37. The molecule has 0 aromatic heterocycles. The number of nitriles is 1. The van der Waals surface area contributed by atoms with Crippen LogP contribution in [0.5, 0.6) is 11.5 Å². The van der Waals surface area contributed by atoms with E-state index in [-0.39, 0.29) is 6.10 Å². The number of halogens is 1. The molecule has 1 saturated carbocycles. The van der Waals surface area contributed by atoms with Crippen LogP contribution in [0, 0.1) is 11.3 Å². The molecule has 4 heteroatoms. The molecule has 1 aliphatic carbocycles. The van der Waals surface area contributed by atoms with Gasteiger partial charge in [-0.1, -0.05) is 15.9 Å². The fourth-order valence-corrected chi connectivity index (χ4v) is 2.78. The Morgan fingerprint density at radius 3 is 2.72 bits per heavy atom. The minimum atomic E-state index is 0.262. The Hall–Kier alpha value is -1.21. The van der Waals surface area contributed by atoms with Crippen LogP contribution in [-0.2, 0) is 6.42 Å². The van der Waals surface area contributed by atoms with Gasteiger partial charge in [0.05, 0.1) is 25.7 Å². The van der Waals surface area contributed by atoms with Gasteiger partial charge in [-0.05, 0) is 37.8 Å². The van der Waals surface area contributed by atoms with Gasteiger partial charge in [0.15, 0.2) is 11.5 Å². The summed E-state index contributed by atoms with van der Waals surface area (Å²) in [7, 11) is 1.62. The molecular formula is C14H16BrNO2. The third-order valence-corrected chi connectivity index (χ3v) is 3.63. The molecule has 0 atom stereocenters. The van der Waals surface area contributed by atoms with Gasteiger partial charge in [0.1, 0.15) is 0 Å². The van der Waals surface area contributed by atoms with E-state index in [1.807, 2.05) is 12.1 Å². The van der Waals surface area contributed by atoms with Crippen LogP contribution in [0.2, 0.25) is 0 Å². The van der Waals surface area contributed by atoms with E-state index in [0.717, 1.165) is 28.6 Å². The maximum Gasteiger partial charge on any atom is 0.165 e. The second-order valence-electron chi connectivity index (χ2n) is 4.46. The molecule has 18 heavy (non-hydrogen) atoms. The Morgan fingerprint density at radius 2 is 2.11 bits per heavy atom. The first-order valence-corrected chi connectivity index (χ1v) is 6.94. The molecule has 3 nitrogen and oxygen atoms in total. The van der Waals surface area contributed by atoms with Crippen LogP contribution in [0.25, 0.3) is 0 Å². The molecule has 0 N–H and O–H groups in total. The Labute approximate surface area is 116 Å². The number of benzene rings is 1. The van der Waals surface area contributed by atoms with Crippen LogP contribution in [0.3, 0.4) is 0 Å². The molecule has 0 saturated heterocycles. The third-order valence-electron chi connectivity index (χ3n) is 3.17. The van der Waals surface area contributed by atoms with Gasteiger partial charge in [0.2, 0.25) is 0 Å². The topological polar surface area (TPSA) is 42.2 Å². The predicted molar refractivity (Wildman–Crippen MR) is 72.9 cm³/mol. The zero-order valence-electron chi connectivity index (χ0n) is 10.4. The van der Waals surface area contributed by atoms with Gasteiger partial charge in [-0.25, -0.2) is 0 Å². The number of rotatable bonds is 4. The average molecular weight is 310 g/mol. The first kappa shape index (κ1) is 13.2. The standard InChI is InChI=1S/C14H16BrNO2/c1-17-13-9-11(15)8-10(6-7-16)14(13)18-12-4-2-3-5-12/h8-9,12H,2-6H2,1H3. The number of hydrogen-bond acceptors (Lipinski definition) is 3. The molecule has 1 aliphatic rings. The van der Waals surface area contributed by atoms with E-state index in [1.54, 1.807) is 7.11 Å². The van der Waals surface area contributed by atoms with Crippen molar-refractivity contribution in [2.24, 2.45) is 0 Å². The first-order valence-electron chi connectivity index (χ1n) is 6.14. The van der Waals surface area contributed by atoms with E-state index in [4.69, 9.17) is 14.7 Å². The fraction of sp³-hybridized carbons (Fsp3) is 0.500. The van der Waals surface area contributed by atoms with Gasteiger partial charge >= 0.3 is 0 Å². The summed E-state index contributed by atoms with van der Waals surface area (Å²) < 4.78 is 12.3. The summed E-state index contributed by atoms with van der Waals surface area (Å²) in [6, 6.07) is 5.98. The summed E-state index contributed by atoms with van der Waals surface area (Å²) in [5, 5.41) is 8.90. The van der Waals surface area contributed by atoms with Crippen LogP contribution in [0.15, 0.2) is 16.6 Å². The molecule has 0 unspecified atom stereocenters. The lowest BCUT2D eigenvalue weighted by Gasteiger charge is -2.18. The van der Waals surface area contributed by atoms with Crippen molar-refractivity contribution in [2.45, 2.75) is 38.2 Å². The zero-order chi connectivity index (χ0) is 13.0. The Kier molecular flexibility index (Phi) is 4.48. The maximum absolute atomic E-state index is 8.90. The molecule has 0 heterocycles. The molecule has 1 aromatic rings. The number of hydrogen-bond donors (Lipinski definition) is 0. The minimum Gasteiger partial charge on any atom is -0.493 e. The highest BCUT2D eigenvalue weighted by Gasteiger charge is 2.21. The summed E-state index contributed by atoms with van der Waals surface area (Å²) in [6.45, 7) is 0. The highest BCUT2D eigenvalue weighted by molar-refractivity contribution is 9.10. The molecule has 0 spiro atoms. The summed E-state index contributed by atoms with van der Waals surface area (Å²) in [4.78, 5) is 0. The van der Waals surface area contributed by atoms with Crippen LogP contribution < -0.4 is 9.47 Å². The lowest BCUT2D eigenvalue weighted by atomic mass is 10.1. The van der Waals surface area contributed by atoms with Crippen molar-refractivity contribution >= 4 is 15.9 Å². The summed E-state index contributed by atoms with van der Waals surface area (Å²) in [5.41, 5.74) is 0.885. The Bertz CT molecular complexity index is 462. The SMILES string of the molecule is COc1cc(Br)cc(CC#N)c1OC1CCCC1. The fourth-order valence-electron chi connectivity index (χ4n) is 2.30. The Morgan fingerprint density at radius 1 is 1.39 bits per heavy atom. The first-order chi connectivity index (χ1) is 8.74. The van der Waals surface area contributed by atoms with Crippen LogP contribution in [0.4, 0.5) is 0 Å². The van der Waals surface area contributed by atoms with E-state index in [0.29, 0.717) is 12.2 Å².